The van der Waals surface area contributed by atoms with Crippen molar-refractivity contribution in [2.45, 2.75) is 51.0 Å². The second kappa shape index (κ2) is 10.7. The van der Waals surface area contributed by atoms with Gasteiger partial charge in [-0.15, -0.1) is 0 Å². The monoisotopic (exact) mass is 499 g/mol. The number of rotatable bonds is 7. The predicted octanol–water partition coefficient (Wildman–Crippen LogP) is 3.89. The molecule has 2 saturated heterocycles. The predicted molar refractivity (Wildman–Crippen MR) is 137 cm³/mol. The lowest BCUT2D eigenvalue weighted by Crippen LogP contribution is -2.48. The molecule has 0 atom stereocenters. The minimum atomic E-state index is -3.76. The van der Waals surface area contributed by atoms with Crippen LogP contribution in [0.3, 0.4) is 0 Å². The summed E-state index contributed by atoms with van der Waals surface area (Å²) >= 11 is 0. The summed E-state index contributed by atoms with van der Waals surface area (Å²) < 4.78 is 29.0. The van der Waals surface area contributed by atoms with E-state index in [0.717, 1.165) is 70.8 Å². The molecule has 0 bridgehead atoms. The van der Waals surface area contributed by atoms with Gasteiger partial charge in [-0.2, -0.15) is 0 Å². The van der Waals surface area contributed by atoms with Crippen molar-refractivity contribution < 1.29 is 17.9 Å². The molecule has 190 valence electrons. The fourth-order valence-corrected chi connectivity index (χ4v) is 5.63. The molecule has 7 nitrogen and oxygen atoms in total. The smallest absolute Gasteiger partial charge is 0.253 e. The Kier molecular flexibility index (Phi) is 7.83. The first kappa shape index (κ1) is 25.7. The number of hydrogen-bond donors (Lipinski definition) is 1. The Morgan fingerprint density at radius 2 is 1.57 bits per heavy atom. The number of benzene rings is 2. The molecule has 2 aliphatic heterocycles. The Bertz CT molecular complexity index is 1110. The van der Waals surface area contributed by atoms with Gasteiger partial charge in [0, 0.05) is 30.8 Å². The number of primary sulfonamides is 1. The second-order valence-electron chi connectivity index (χ2n) is 10.5. The van der Waals surface area contributed by atoms with Crippen molar-refractivity contribution in [3.05, 3.63) is 59.7 Å². The molecular weight excluding hydrogens is 462 g/mol. The van der Waals surface area contributed by atoms with Crippen molar-refractivity contribution >= 4 is 15.9 Å². The van der Waals surface area contributed by atoms with E-state index >= 15 is 0 Å². The zero-order chi connectivity index (χ0) is 25.1. The van der Waals surface area contributed by atoms with Crippen LogP contribution in [0.2, 0.25) is 0 Å². The van der Waals surface area contributed by atoms with E-state index in [0.29, 0.717) is 16.9 Å². The number of amides is 1. The minimum absolute atomic E-state index is 0.0208. The highest BCUT2D eigenvalue weighted by molar-refractivity contribution is 7.89. The Labute approximate surface area is 209 Å². The highest BCUT2D eigenvalue weighted by Crippen LogP contribution is 2.42. The number of piperidine rings is 2. The summed E-state index contributed by atoms with van der Waals surface area (Å²) in [5.74, 6) is 1.44. The van der Waals surface area contributed by atoms with Crippen LogP contribution in [-0.4, -0.2) is 56.9 Å². The number of nitrogens with two attached hydrogens (primary N) is 1. The molecule has 2 aromatic rings. The number of carbonyl (C=O) groups excluding carboxylic acids is 1. The summed E-state index contributed by atoms with van der Waals surface area (Å²) in [6.07, 6.45) is 4.31. The SMILES string of the molecule is CC(C)COc1ccccc1CN1CCC2(CC1)CCN(C(=O)c1ccc(S(N)(=O)=O)cc1)CC2. The van der Waals surface area contributed by atoms with Gasteiger partial charge in [0.25, 0.3) is 5.91 Å². The van der Waals surface area contributed by atoms with Gasteiger partial charge in [-0.25, -0.2) is 13.6 Å². The number of nitrogens with zero attached hydrogens (tertiary/aromatic N) is 2. The summed E-state index contributed by atoms with van der Waals surface area (Å²) in [6.45, 7) is 9.55. The first-order chi connectivity index (χ1) is 16.7. The van der Waals surface area contributed by atoms with Crippen LogP contribution in [0, 0.1) is 11.3 Å². The summed E-state index contributed by atoms with van der Waals surface area (Å²) in [7, 11) is -3.76. The summed E-state index contributed by atoms with van der Waals surface area (Å²) in [4.78, 5) is 17.4. The van der Waals surface area contributed by atoms with Crippen LogP contribution in [0.25, 0.3) is 0 Å². The Balaban J connectivity index is 1.29. The van der Waals surface area contributed by atoms with Crippen molar-refractivity contribution in [3.63, 3.8) is 0 Å². The fraction of sp³-hybridized carbons (Fsp3) is 0.519. The second-order valence-corrected chi connectivity index (χ2v) is 12.0. The molecule has 0 aromatic heterocycles. The topological polar surface area (TPSA) is 92.9 Å². The minimum Gasteiger partial charge on any atom is -0.493 e. The van der Waals surface area contributed by atoms with E-state index in [-0.39, 0.29) is 10.8 Å². The third kappa shape index (κ3) is 6.42. The van der Waals surface area contributed by atoms with Crippen LogP contribution < -0.4 is 9.88 Å². The maximum Gasteiger partial charge on any atom is 0.253 e. The third-order valence-corrected chi connectivity index (χ3v) is 8.33. The molecule has 1 spiro atoms. The van der Waals surface area contributed by atoms with E-state index < -0.39 is 10.0 Å². The van der Waals surface area contributed by atoms with E-state index in [2.05, 4.69) is 36.9 Å². The van der Waals surface area contributed by atoms with E-state index in [9.17, 15) is 13.2 Å². The lowest BCUT2D eigenvalue weighted by atomic mass is 9.71. The maximum absolute atomic E-state index is 12.9. The molecule has 2 fully saturated rings. The zero-order valence-corrected chi connectivity index (χ0v) is 21.6. The van der Waals surface area contributed by atoms with Crippen LogP contribution in [0.4, 0.5) is 0 Å². The van der Waals surface area contributed by atoms with Crippen LogP contribution in [0.15, 0.2) is 53.4 Å². The van der Waals surface area contributed by atoms with Gasteiger partial charge in [-0.05, 0) is 80.4 Å². The van der Waals surface area contributed by atoms with E-state index in [1.807, 2.05) is 11.0 Å². The zero-order valence-electron chi connectivity index (χ0n) is 20.8. The number of para-hydroxylation sites is 1. The molecule has 2 N–H and O–H groups in total. The Morgan fingerprint density at radius 3 is 2.17 bits per heavy atom. The third-order valence-electron chi connectivity index (χ3n) is 7.40. The fourth-order valence-electron chi connectivity index (χ4n) is 5.11. The Morgan fingerprint density at radius 1 is 0.971 bits per heavy atom. The number of hydrogen-bond acceptors (Lipinski definition) is 5. The highest BCUT2D eigenvalue weighted by Gasteiger charge is 2.38. The van der Waals surface area contributed by atoms with Gasteiger partial charge in [-0.1, -0.05) is 32.0 Å². The van der Waals surface area contributed by atoms with E-state index in [4.69, 9.17) is 9.88 Å². The average molecular weight is 500 g/mol. The first-order valence-electron chi connectivity index (χ1n) is 12.5. The van der Waals surface area contributed by atoms with Crippen LogP contribution in [0.1, 0.15) is 55.5 Å². The van der Waals surface area contributed by atoms with Crippen molar-refractivity contribution in [1.82, 2.24) is 9.80 Å². The first-order valence-corrected chi connectivity index (χ1v) is 14.1. The van der Waals surface area contributed by atoms with E-state index in [1.54, 1.807) is 12.1 Å². The number of ether oxygens (including phenoxy) is 1. The molecule has 0 radical (unpaired) electrons. The van der Waals surface area contributed by atoms with Gasteiger partial charge >= 0.3 is 0 Å². The van der Waals surface area contributed by atoms with Crippen molar-refractivity contribution in [2.75, 3.05) is 32.8 Å². The van der Waals surface area contributed by atoms with E-state index in [1.165, 1.54) is 17.7 Å². The number of carbonyl (C=O) groups is 1. The van der Waals surface area contributed by atoms with Gasteiger partial charge in [0.2, 0.25) is 10.0 Å². The van der Waals surface area contributed by atoms with Crippen LogP contribution in [0.5, 0.6) is 5.75 Å². The van der Waals surface area contributed by atoms with Crippen molar-refractivity contribution in [2.24, 2.45) is 16.5 Å². The average Bonchev–Trinajstić information content (AvgIpc) is 2.84. The maximum atomic E-state index is 12.9. The molecule has 2 heterocycles. The molecular formula is C27H37N3O4S. The molecule has 0 aliphatic carbocycles. The highest BCUT2D eigenvalue weighted by atomic mass is 32.2. The van der Waals surface area contributed by atoms with Gasteiger partial charge in [0.05, 0.1) is 11.5 Å². The standard InChI is InChI=1S/C27H37N3O4S/c1-21(2)20-34-25-6-4-3-5-23(25)19-29-15-11-27(12-16-29)13-17-30(18-14-27)26(31)22-7-9-24(10-8-22)35(28,32)33/h3-10,21H,11-20H2,1-2H3,(H2,28,32,33). The molecule has 8 heteroatoms. The van der Waals surface area contributed by atoms with Gasteiger partial charge in [0.15, 0.2) is 0 Å². The summed E-state index contributed by atoms with van der Waals surface area (Å²) in [5.41, 5.74) is 2.05. The number of sulfonamides is 1. The van der Waals surface area contributed by atoms with Crippen LogP contribution >= 0.6 is 0 Å². The normalized spacial score (nSPS) is 18.7. The molecule has 2 aliphatic rings. The molecule has 1 amide bonds. The largest absolute Gasteiger partial charge is 0.493 e. The number of likely N-dealkylation sites (tertiary alicyclic amines) is 2. The molecule has 35 heavy (non-hydrogen) atoms. The quantitative estimate of drug-likeness (QED) is 0.624. The molecule has 4 rings (SSSR count). The Hall–Kier alpha value is -2.42. The lowest BCUT2D eigenvalue weighted by molar-refractivity contribution is 0.0283. The summed E-state index contributed by atoms with van der Waals surface area (Å²) in [6, 6.07) is 14.2. The van der Waals surface area contributed by atoms with Crippen molar-refractivity contribution in [1.29, 1.82) is 0 Å². The van der Waals surface area contributed by atoms with Gasteiger partial charge < -0.3 is 9.64 Å². The van der Waals surface area contributed by atoms with Gasteiger partial charge in [0.1, 0.15) is 5.75 Å². The molecule has 0 saturated carbocycles. The summed E-state index contributed by atoms with van der Waals surface area (Å²) in [5, 5.41) is 5.16. The van der Waals surface area contributed by atoms with Gasteiger partial charge in [-0.3, -0.25) is 9.69 Å². The lowest BCUT2D eigenvalue weighted by Gasteiger charge is -2.47. The van der Waals surface area contributed by atoms with Crippen LogP contribution in [-0.2, 0) is 16.6 Å². The molecule has 0 unspecified atom stereocenters. The van der Waals surface area contributed by atoms with Crippen molar-refractivity contribution in [3.8, 4) is 5.75 Å². The molecule has 2 aromatic carbocycles.